The van der Waals surface area contributed by atoms with Crippen molar-refractivity contribution in [2.24, 2.45) is 0 Å². The molecule has 1 heterocycles. The van der Waals surface area contributed by atoms with Crippen molar-refractivity contribution in [2.45, 2.75) is 24.7 Å². The molecule has 1 fully saturated rings. The van der Waals surface area contributed by atoms with Crippen LogP contribution in [0.2, 0.25) is 0 Å². The summed E-state index contributed by atoms with van der Waals surface area (Å²) >= 11 is 0. The van der Waals surface area contributed by atoms with E-state index < -0.39 is 34.7 Å². The van der Waals surface area contributed by atoms with E-state index in [-0.39, 0.29) is 11.5 Å². The van der Waals surface area contributed by atoms with Crippen LogP contribution in [0.3, 0.4) is 0 Å². The number of aliphatic hydroxyl groups is 1. The van der Waals surface area contributed by atoms with E-state index >= 15 is 0 Å². The van der Waals surface area contributed by atoms with Gasteiger partial charge in [0, 0.05) is 12.6 Å². The van der Waals surface area contributed by atoms with Gasteiger partial charge in [0.2, 0.25) is 0 Å². The standard InChI is InChI=1S/C7H12F3NO3S/c8-7(9,10)6(12)3-11-5-1-2-15(13,14)4-5/h5-6,11-12H,1-4H2. The highest BCUT2D eigenvalue weighted by Gasteiger charge is 2.38. The average Bonchev–Trinajstić information content (AvgIpc) is 2.39. The van der Waals surface area contributed by atoms with Gasteiger partial charge in [-0.1, -0.05) is 0 Å². The molecule has 2 N–H and O–H groups in total. The molecule has 1 saturated heterocycles. The molecule has 2 atom stereocenters. The molecule has 8 heteroatoms. The van der Waals surface area contributed by atoms with Crippen LogP contribution in [-0.2, 0) is 9.84 Å². The quantitative estimate of drug-likeness (QED) is 0.717. The van der Waals surface area contributed by atoms with Gasteiger partial charge in [0.15, 0.2) is 15.9 Å². The van der Waals surface area contributed by atoms with Gasteiger partial charge in [0.25, 0.3) is 0 Å². The first-order valence-corrected chi connectivity index (χ1v) is 6.21. The van der Waals surface area contributed by atoms with Crippen LogP contribution < -0.4 is 5.32 Å². The average molecular weight is 247 g/mol. The van der Waals surface area contributed by atoms with Crippen LogP contribution >= 0.6 is 0 Å². The molecular weight excluding hydrogens is 235 g/mol. The van der Waals surface area contributed by atoms with Crippen molar-refractivity contribution in [3.63, 3.8) is 0 Å². The number of alkyl halides is 3. The Kier molecular flexibility index (Phi) is 3.62. The van der Waals surface area contributed by atoms with E-state index in [9.17, 15) is 21.6 Å². The van der Waals surface area contributed by atoms with Crippen molar-refractivity contribution in [1.29, 1.82) is 0 Å². The molecule has 90 valence electrons. The molecule has 0 bridgehead atoms. The van der Waals surface area contributed by atoms with E-state index in [1.54, 1.807) is 0 Å². The minimum absolute atomic E-state index is 0.00716. The monoisotopic (exact) mass is 247 g/mol. The van der Waals surface area contributed by atoms with Crippen LogP contribution in [0.25, 0.3) is 0 Å². The summed E-state index contributed by atoms with van der Waals surface area (Å²) in [4.78, 5) is 0. The molecule has 0 aromatic rings. The number of sulfone groups is 1. The normalized spacial score (nSPS) is 27.9. The minimum atomic E-state index is -4.66. The Bertz CT molecular complexity index is 314. The van der Waals surface area contributed by atoms with Crippen LogP contribution in [0.5, 0.6) is 0 Å². The van der Waals surface area contributed by atoms with Gasteiger partial charge in [-0.05, 0) is 6.42 Å². The first kappa shape index (κ1) is 12.7. The van der Waals surface area contributed by atoms with Crippen LogP contribution in [0.4, 0.5) is 13.2 Å². The van der Waals surface area contributed by atoms with Gasteiger partial charge < -0.3 is 10.4 Å². The molecule has 15 heavy (non-hydrogen) atoms. The van der Waals surface area contributed by atoms with Gasteiger partial charge in [-0.15, -0.1) is 0 Å². The second-order valence-corrected chi connectivity index (χ2v) is 5.79. The molecule has 0 radical (unpaired) electrons. The van der Waals surface area contributed by atoms with E-state index in [2.05, 4.69) is 5.32 Å². The second-order valence-electron chi connectivity index (χ2n) is 3.57. The zero-order valence-corrected chi connectivity index (χ0v) is 8.61. The van der Waals surface area contributed by atoms with Crippen molar-refractivity contribution in [3.05, 3.63) is 0 Å². The predicted octanol–water partition coefficient (Wildman–Crippen LogP) is -0.314. The number of aliphatic hydroxyl groups excluding tert-OH is 1. The Balaban J connectivity index is 2.34. The smallest absolute Gasteiger partial charge is 0.382 e. The topological polar surface area (TPSA) is 66.4 Å². The fourth-order valence-corrected chi connectivity index (χ4v) is 3.06. The number of hydrogen-bond donors (Lipinski definition) is 2. The number of hydrogen-bond acceptors (Lipinski definition) is 4. The third kappa shape index (κ3) is 3.96. The van der Waals surface area contributed by atoms with E-state index in [4.69, 9.17) is 5.11 Å². The SMILES string of the molecule is O=S1(=O)CCC(NCC(O)C(F)(F)F)C1. The maximum absolute atomic E-state index is 11.9. The van der Waals surface area contributed by atoms with Crippen LogP contribution in [0, 0.1) is 0 Å². The molecule has 1 rings (SSSR count). The van der Waals surface area contributed by atoms with Gasteiger partial charge in [0.1, 0.15) is 0 Å². The number of halogens is 3. The molecule has 2 unspecified atom stereocenters. The zero-order chi connectivity index (χ0) is 11.7. The third-order valence-electron chi connectivity index (χ3n) is 2.21. The first-order chi connectivity index (χ1) is 6.71. The highest BCUT2D eigenvalue weighted by Crippen LogP contribution is 2.20. The summed E-state index contributed by atoms with van der Waals surface area (Å²) < 4.78 is 57.5. The molecule has 0 saturated carbocycles. The fraction of sp³-hybridized carbons (Fsp3) is 1.00. The van der Waals surface area contributed by atoms with Crippen molar-refractivity contribution < 1.29 is 26.7 Å². The summed E-state index contributed by atoms with van der Waals surface area (Å²) in [6, 6.07) is -0.480. The van der Waals surface area contributed by atoms with Gasteiger partial charge >= 0.3 is 6.18 Å². The van der Waals surface area contributed by atoms with Gasteiger partial charge in [-0.2, -0.15) is 13.2 Å². The summed E-state index contributed by atoms with van der Waals surface area (Å²) in [5.41, 5.74) is 0. The lowest BCUT2D eigenvalue weighted by Crippen LogP contribution is -2.42. The summed E-state index contributed by atoms with van der Waals surface area (Å²) in [6.07, 6.45) is -6.81. The zero-order valence-electron chi connectivity index (χ0n) is 7.79. The molecular formula is C7H12F3NO3S. The van der Waals surface area contributed by atoms with Gasteiger partial charge in [0.05, 0.1) is 11.5 Å². The highest BCUT2D eigenvalue weighted by molar-refractivity contribution is 7.91. The lowest BCUT2D eigenvalue weighted by atomic mass is 10.2. The van der Waals surface area contributed by atoms with Crippen LogP contribution in [0.15, 0.2) is 0 Å². The highest BCUT2D eigenvalue weighted by atomic mass is 32.2. The van der Waals surface area contributed by atoms with Crippen molar-refractivity contribution >= 4 is 9.84 Å². The Morgan fingerprint density at radius 1 is 1.47 bits per heavy atom. The number of nitrogens with one attached hydrogen (secondary N) is 1. The van der Waals surface area contributed by atoms with Crippen molar-refractivity contribution in [2.75, 3.05) is 18.1 Å². The van der Waals surface area contributed by atoms with Crippen LogP contribution in [0.1, 0.15) is 6.42 Å². The summed E-state index contributed by atoms with van der Waals surface area (Å²) in [5.74, 6) is -0.162. The van der Waals surface area contributed by atoms with E-state index in [0.717, 1.165) is 0 Å². The number of rotatable bonds is 3. The maximum atomic E-state index is 11.9. The molecule has 0 aromatic heterocycles. The Hall–Kier alpha value is -0.340. The largest absolute Gasteiger partial charge is 0.415 e. The Morgan fingerprint density at radius 3 is 2.47 bits per heavy atom. The minimum Gasteiger partial charge on any atom is -0.382 e. The molecule has 0 spiro atoms. The Labute approximate surface area is 85.4 Å². The van der Waals surface area contributed by atoms with E-state index in [1.807, 2.05) is 0 Å². The summed E-state index contributed by atoms with van der Waals surface area (Å²) in [5, 5.41) is 11.0. The third-order valence-corrected chi connectivity index (χ3v) is 3.98. The molecule has 0 aliphatic carbocycles. The first-order valence-electron chi connectivity index (χ1n) is 4.39. The fourth-order valence-electron chi connectivity index (χ4n) is 1.35. The second kappa shape index (κ2) is 4.26. The molecule has 1 aliphatic rings. The summed E-state index contributed by atoms with van der Waals surface area (Å²) in [7, 11) is -3.10. The van der Waals surface area contributed by atoms with E-state index in [0.29, 0.717) is 6.42 Å². The van der Waals surface area contributed by atoms with Gasteiger partial charge in [-0.25, -0.2) is 8.42 Å². The van der Waals surface area contributed by atoms with Gasteiger partial charge in [-0.3, -0.25) is 0 Å². The predicted molar refractivity (Wildman–Crippen MR) is 47.1 cm³/mol. The Morgan fingerprint density at radius 2 is 2.07 bits per heavy atom. The molecule has 1 aliphatic heterocycles. The molecule has 0 amide bonds. The summed E-state index contributed by atoms with van der Waals surface area (Å²) in [6.45, 7) is -0.663. The van der Waals surface area contributed by atoms with Crippen molar-refractivity contribution in [1.82, 2.24) is 5.32 Å². The molecule has 4 nitrogen and oxygen atoms in total. The lowest BCUT2D eigenvalue weighted by Gasteiger charge is -2.17. The van der Waals surface area contributed by atoms with Crippen molar-refractivity contribution in [3.8, 4) is 0 Å². The maximum Gasteiger partial charge on any atom is 0.415 e. The van der Waals surface area contributed by atoms with Crippen LogP contribution in [-0.4, -0.2) is 49.9 Å². The lowest BCUT2D eigenvalue weighted by molar-refractivity contribution is -0.202. The molecule has 0 aromatic carbocycles. The van der Waals surface area contributed by atoms with E-state index in [1.165, 1.54) is 0 Å².